The van der Waals surface area contributed by atoms with Crippen LogP contribution in [0.5, 0.6) is 11.5 Å². The van der Waals surface area contributed by atoms with Gasteiger partial charge in [-0.05, 0) is 42.7 Å². The van der Waals surface area contributed by atoms with Crippen LogP contribution in [0.2, 0.25) is 0 Å². The lowest BCUT2D eigenvalue weighted by atomic mass is 10.1. The van der Waals surface area contributed by atoms with Crippen molar-refractivity contribution >= 4 is 12.1 Å². The summed E-state index contributed by atoms with van der Waals surface area (Å²) in [6.07, 6.45) is 2.68. The van der Waals surface area contributed by atoms with Crippen LogP contribution >= 0.6 is 0 Å². The zero-order valence-electron chi connectivity index (χ0n) is 14.0. The van der Waals surface area contributed by atoms with E-state index in [1.165, 1.54) is 0 Å². The summed E-state index contributed by atoms with van der Waals surface area (Å²) in [4.78, 5) is 11.8. The molecule has 5 nitrogen and oxygen atoms in total. The third-order valence-corrected chi connectivity index (χ3v) is 3.37. The topological polar surface area (TPSA) is 59.9 Å². The molecule has 0 atom stereocenters. The lowest BCUT2D eigenvalue weighted by Crippen LogP contribution is -2.17. The molecule has 0 heterocycles. The van der Waals surface area contributed by atoms with Gasteiger partial charge in [0.25, 0.3) is 0 Å². The Morgan fingerprint density at radius 3 is 2.67 bits per heavy atom. The first-order chi connectivity index (χ1) is 11.7. The minimum absolute atomic E-state index is 0.117. The molecule has 0 saturated heterocycles. The molecule has 126 valence electrons. The molecule has 2 rings (SSSR count). The second kappa shape index (κ2) is 9.35. The maximum Gasteiger partial charge on any atom is 0.240 e. The first kappa shape index (κ1) is 17.5. The van der Waals surface area contributed by atoms with Gasteiger partial charge in [-0.2, -0.15) is 5.10 Å². The van der Waals surface area contributed by atoms with Gasteiger partial charge in [0.2, 0.25) is 5.91 Å². The van der Waals surface area contributed by atoms with Crippen LogP contribution in [0.15, 0.2) is 53.6 Å². The van der Waals surface area contributed by atoms with Crippen LogP contribution in [0, 0.1) is 0 Å². The Morgan fingerprint density at radius 2 is 1.96 bits per heavy atom. The summed E-state index contributed by atoms with van der Waals surface area (Å²) in [6, 6.07) is 15.4. The van der Waals surface area contributed by atoms with Crippen molar-refractivity contribution < 1.29 is 14.3 Å². The predicted molar refractivity (Wildman–Crippen MR) is 94.7 cm³/mol. The number of hydrogen-bond donors (Lipinski definition) is 1. The Balaban J connectivity index is 1.86. The van der Waals surface area contributed by atoms with Gasteiger partial charge in [-0.3, -0.25) is 4.79 Å². The number of methoxy groups -OCH3 is 1. The van der Waals surface area contributed by atoms with E-state index >= 15 is 0 Å². The van der Waals surface area contributed by atoms with Gasteiger partial charge < -0.3 is 9.47 Å². The molecule has 1 amide bonds. The standard InChI is InChI=1S/C19H22N2O3/c1-3-24-18-13-16(9-11-17(18)23-2)14-20-21-19(22)12-10-15-7-5-4-6-8-15/h4-9,11,13-14H,3,10,12H2,1-2H3,(H,21,22)/b20-14-. The summed E-state index contributed by atoms with van der Waals surface area (Å²) in [7, 11) is 1.60. The Kier molecular flexibility index (Phi) is 6.83. The number of nitrogens with zero attached hydrogens (tertiary/aromatic N) is 1. The van der Waals surface area contributed by atoms with Crippen LogP contribution in [-0.4, -0.2) is 25.8 Å². The third kappa shape index (κ3) is 5.43. The lowest BCUT2D eigenvalue weighted by Gasteiger charge is -2.09. The van der Waals surface area contributed by atoms with E-state index in [4.69, 9.17) is 9.47 Å². The Hall–Kier alpha value is -2.82. The molecule has 0 aliphatic carbocycles. The highest BCUT2D eigenvalue weighted by molar-refractivity contribution is 5.83. The maximum absolute atomic E-state index is 11.8. The number of carbonyl (C=O) groups excluding carboxylic acids is 1. The second-order valence-corrected chi connectivity index (χ2v) is 5.12. The van der Waals surface area contributed by atoms with E-state index in [2.05, 4.69) is 10.5 Å². The first-order valence-electron chi connectivity index (χ1n) is 7.89. The Bertz CT molecular complexity index is 684. The number of rotatable bonds is 8. The molecule has 0 aliphatic rings. The van der Waals surface area contributed by atoms with E-state index in [1.54, 1.807) is 13.3 Å². The minimum Gasteiger partial charge on any atom is -0.493 e. The van der Waals surface area contributed by atoms with E-state index in [0.29, 0.717) is 30.9 Å². The van der Waals surface area contributed by atoms with Crippen LogP contribution in [0.3, 0.4) is 0 Å². The SMILES string of the molecule is CCOc1cc(/C=N\NC(=O)CCc2ccccc2)ccc1OC. The average molecular weight is 326 g/mol. The number of amides is 1. The molecule has 0 aromatic heterocycles. The highest BCUT2D eigenvalue weighted by Gasteiger charge is 2.04. The minimum atomic E-state index is -0.117. The van der Waals surface area contributed by atoms with Crippen molar-refractivity contribution in [3.8, 4) is 11.5 Å². The van der Waals surface area contributed by atoms with Crippen molar-refractivity contribution in [3.05, 3.63) is 59.7 Å². The molecule has 2 aromatic carbocycles. The summed E-state index contributed by atoms with van der Waals surface area (Å²) in [5.74, 6) is 1.20. The smallest absolute Gasteiger partial charge is 0.240 e. The Morgan fingerprint density at radius 1 is 1.17 bits per heavy atom. The van der Waals surface area contributed by atoms with E-state index < -0.39 is 0 Å². The maximum atomic E-state index is 11.8. The first-order valence-corrected chi connectivity index (χ1v) is 7.89. The molecule has 24 heavy (non-hydrogen) atoms. The number of aryl methyl sites for hydroxylation is 1. The zero-order chi connectivity index (χ0) is 17.2. The van der Waals surface area contributed by atoms with Gasteiger partial charge in [0.15, 0.2) is 11.5 Å². The molecule has 0 bridgehead atoms. The normalized spacial score (nSPS) is 10.6. The van der Waals surface area contributed by atoms with Crippen LogP contribution in [-0.2, 0) is 11.2 Å². The van der Waals surface area contributed by atoms with Crippen LogP contribution in [0.1, 0.15) is 24.5 Å². The van der Waals surface area contributed by atoms with E-state index in [1.807, 2.05) is 55.5 Å². The van der Waals surface area contributed by atoms with E-state index in [9.17, 15) is 4.79 Å². The second-order valence-electron chi connectivity index (χ2n) is 5.12. The summed E-state index contributed by atoms with van der Waals surface area (Å²) in [5, 5.41) is 3.99. The van der Waals surface area contributed by atoms with Crippen molar-refractivity contribution in [2.75, 3.05) is 13.7 Å². The van der Waals surface area contributed by atoms with Gasteiger partial charge in [0.05, 0.1) is 19.9 Å². The largest absolute Gasteiger partial charge is 0.493 e. The summed E-state index contributed by atoms with van der Waals surface area (Å²) in [6.45, 7) is 2.46. The van der Waals surface area contributed by atoms with Gasteiger partial charge in [-0.15, -0.1) is 0 Å². The fourth-order valence-electron chi connectivity index (χ4n) is 2.18. The van der Waals surface area contributed by atoms with Crippen LogP contribution in [0.4, 0.5) is 0 Å². The third-order valence-electron chi connectivity index (χ3n) is 3.37. The molecule has 0 spiro atoms. The molecule has 0 aliphatic heterocycles. The molecule has 1 N–H and O–H groups in total. The van der Waals surface area contributed by atoms with E-state index in [-0.39, 0.29) is 5.91 Å². The van der Waals surface area contributed by atoms with Crippen LogP contribution < -0.4 is 14.9 Å². The van der Waals surface area contributed by atoms with Crippen molar-refractivity contribution in [1.82, 2.24) is 5.43 Å². The predicted octanol–water partition coefficient (Wildman–Crippen LogP) is 3.18. The van der Waals surface area contributed by atoms with Gasteiger partial charge in [0, 0.05) is 6.42 Å². The number of hydrazone groups is 1. The highest BCUT2D eigenvalue weighted by Crippen LogP contribution is 2.27. The average Bonchev–Trinajstić information content (AvgIpc) is 2.61. The summed E-state index contributed by atoms with van der Waals surface area (Å²) >= 11 is 0. The number of benzene rings is 2. The molecule has 0 saturated carbocycles. The summed E-state index contributed by atoms with van der Waals surface area (Å²) in [5.41, 5.74) is 4.49. The van der Waals surface area contributed by atoms with Gasteiger partial charge in [-0.25, -0.2) is 5.43 Å². The van der Waals surface area contributed by atoms with Gasteiger partial charge in [-0.1, -0.05) is 30.3 Å². The number of ether oxygens (including phenoxy) is 2. The van der Waals surface area contributed by atoms with Gasteiger partial charge in [0.1, 0.15) is 0 Å². The molecular weight excluding hydrogens is 304 g/mol. The molecule has 0 unspecified atom stereocenters. The number of hydrogen-bond acceptors (Lipinski definition) is 4. The molecule has 0 fully saturated rings. The fourth-order valence-corrected chi connectivity index (χ4v) is 2.18. The Labute approximate surface area is 142 Å². The monoisotopic (exact) mass is 326 g/mol. The highest BCUT2D eigenvalue weighted by atomic mass is 16.5. The number of nitrogens with one attached hydrogen (secondary N) is 1. The quantitative estimate of drug-likeness (QED) is 0.599. The van der Waals surface area contributed by atoms with Crippen molar-refractivity contribution in [2.24, 2.45) is 5.10 Å². The molecule has 0 radical (unpaired) electrons. The lowest BCUT2D eigenvalue weighted by molar-refractivity contribution is -0.121. The van der Waals surface area contributed by atoms with Crippen LogP contribution in [0.25, 0.3) is 0 Å². The van der Waals surface area contributed by atoms with Crippen molar-refractivity contribution in [1.29, 1.82) is 0 Å². The molecule has 5 heteroatoms. The number of carbonyl (C=O) groups is 1. The van der Waals surface area contributed by atoms with E-state index in [0.717, 1.165) is 11.1 Å². The fraction of sp³-hybridized carbons (Fsp3) is 0.263. The molecular formula is C19H22N2O3. The van der Waals surface area contributed by atoms with Crippen molar-refractivity contribution in [3.63, 3.8) is 0 Å². The zero-order valence-corrected chi connectivity index (χ0v) is 14.0. The van der Waals surface area contributed by atoms with Gasteiger partial charge >= 0.3 is 0 Å². The van der Waals surface area contributed by atoms with Crippen molar-refractivity contribution in [2.45, 2.75) is 19.8 Å². The molecule has 2 aromatic rings. The summed E-state index contributed by atoms with van der Waals surface area (Å²) < 4.78 is 10.7.